The van der Waals surface area contributed by atoms with E-state index < -0.39 is 0 Å². The second kappa shape index (κ2) is 6.04. The zero-order valence-electron chi connectivity index (χ0n) is 10.0. The third-order valence-corrected chi connectivity index (χ3v) is 3.61. The van der Waals surface area contributed by atoms with Crippen LogP contribution in [0.4, 0.5) is 0 Å². The van der Waals surface area contributed by atoms with E-state index in [1.807, 2.05) is 36.2 Å². The van der Waals surface area contributed by atoms with Crippen LogP contribution in [0.1, 0.15) is 37.0 Å². The summed E-state index contributed by atoms with van der Waals surface area (Å²) in [7, 11) is 1.87. The van der Waals surface area contributed by atoms with E-state index >= 15 is 0 Å². The Morgan fingerprint density at radius 1 is 1.31 bits per heavy atom. The highest BCUT2D eigenvalue weighted by Crippen LogP contribution is 2.19. The number of hydrogen-bond donors (Lipinski definition) is 0. The van der Waals surface area contributed by atoms with E-state index in [0.29, 0.717) is 6.04 Å². The predicted molar refractivity (Wildman–Crippen MR) is 70.6 cm³/mol. The van der Waals surface area contributed by atoms with Gasteiger partial charge in [-0.1, -0.05) is 26.0 Å². The fourth-order valence-electron chi connectivity index (χ4n) is 1.83. The average Bonchev–Trinajstić information content (AvgIpc) is 2.30. The minimum Gasteiger partial charge on any atom is -0.339 e. The van der Waals surface area contributed by atoms with E-state index in [4.69, 9.17) is 0 Å². The Kier molecular flexibility index (Phi) is 5.00. The third kappa shape index (κ3) is 2.85. The van der Waals surface area contributed by atoms with Crippen LogP contribution in [0.3, 0.4) is 0 Å². The molecule has 16 heavy (non-hydrogen) atoms. The topological polar surface area (TPSA) is 20.3 Å². The van der Waals surface area contributed by atoms with E-state index in [-0.39, 0.29) is 5.91 Å². The fourth-order valence-corrected chi connectivity index (χ4v) is 2.28. The lowest BCUT2D eigenvalue weighted by Gasteiger charge is -2.26. The Morgan fingerprint density at radius 3 is 2.38 bits per heavy atom. The van der Waals surface area contributed by atoms with Gasteiger partial charge in [-0.15, -0.1) is 0 Å². The summed E-state index contributed by atoms with van der Waals surface area (Å²) in [5, 5.41) is 0. The lowest BCUT2D eigenvalue weighted by atomic mass is 10.1. The number of carbonyl (C=O) groups excluding carboxylic acids is 1. The molecule has 1 rings (SSSR count). The van der Waals surface area contributed by atoms with E-state index in [1.165, 1.54) is 0 Å². The molecule has 0 atom stereocenters. The molecule has 0 spiro atoms. The molecule has 2 nitrogen and oxygen atoms in total. The second-order valence-electron chi connectivity index (χ2n) is 3.87. The molecule has 0 saturated heterocycles. The van der Waals surface area contributed by atoms with Crippen LogP contribution in [0, 0.1) is 0 Å². The van der Waals surface area contributed by atoms with Crippen molar-refractivity contribution in [2.45, 2.75) is 32.7 Å². The van der Waals surface area contributed by atoms with E-state index in [2.05, 4.69) is 29.8 Å². The van der Waals surface area contributed by atoms with Gasteiger partial charge in [-0.2, -0.15) is 0 Å². The Bertz CT molecular complexity index is 361. The molecule has 0 heterocycles. The Morgan fingerprint density at radius 2 is 1.88 bits per heavy atom. The lowest BCUT2D eigenvalue weighted by molar-refractivity contribution is 0.0723. The van der Waals surface area contributed by atoms with Crippen molar-refractivity contribution in [3.63, 3.8) is 0 Å². The van der Waals surface area contributed by atoms with Crippen LogP contribution in [0.2, 0.25) is 0 Å². The first-order chi connectivity index (χ1) is 7.61. The molecule has 0 radical (unpaired) electrons. The van der Waals surface area contributed by atoms with Gasteiger partial charge < -0.3 is 4.90 Å². The smallest absolute Gasteiger partial charge is 0.254 e. The summed E-state index contributed by atoms with van der Waals surface area (Å²) < 4.78 is 0.859. The average molecular weight is 284 g/mol. The third-order valence-electron chi connectivity index (χ3n) is 2.91. The number of nitrogens with zero attached hydrogens (tertiary/aromatic N) is 1. The van der Waals surface area contributed by atoms with Gasteiger partial charge in [0.2, 0.25) is 0 Å². The highest BCUT2D eigenvalue weighted by atomic mass is 79.9. The number of benzene rings is 1. The first-order valence-corrected chi connectivity index (χ1v) is 6.42. The summed E-state index contributed by atoms with van der Waals surface area (Å²) in [6.45, 7) is 4.22. The van der Waals surface area contributed by atoms with Gasteiger partial charge in [0.25, 0.3) is 5.91 Å². The maximum atomic E-state index is 12.2. The minimum atomic E-state index is 0.0844. The molecule has 0 bridgehead atoms. The highest BCUT2D eigenvalue weighted by Gasteiger charge is 2.19. The minimum absolute atomic E-state index is 0.0844. The van der Waals surface area contributed by atoms with Gasteiger partial charge in [0.1, 0.15) is 0 Å². The molecule has 1 aromatic rings. The quantitative estimate of drug-likeness (QED) is 0.825. The first kappa shape index (κ1) is 13.2. The molecular formula is C13H18BrNO. The monoisotopic (exact) mass is 283 g/mol. The zero-order valence-corrected chi connectivity index (χ0v) is 11.6. The Labute approximate surface area is 106 Å². The SMILES string of the molecule is CCC(CC)N(C)C(=O)c1ccccc1Br. The van der Waals surface area contributed by atoms with Crippen molar-refractivity contribution >= 4 is 21.8 Å². The van der Waals surface area contributed by atoms with Crippen LogP contribution in [0.5, 0.6) is 0 Å². The van der Waals surface area contributed by atoms with Gasteiger partial charge in [0, 0.05) is 17.6 Å². The normalized spacial score (nSPS) is 10.6. The standard InChI is InChI=1S/C13H18BrNO/c1-4-10(5-2)15(3)13(16)11-8-6-7-9-12(11)14/h6-10H,4-5H2,1-3H3. The molecule has 0 aromatic heterocycles. The predicted octanol–water partition coefficient (Wildman–Crippen LogP) is 3.71. The van der Waals surface area contributed by atoms with Crippen molar-refractivity contribution in [1.29, 1.82) is 0 Å². The van der Waals surface area contributed by atoms with Crippen molar-refractivity contribution in [2.75, 3.05) is 7.05 Å². The summed E-state index contributed by atoms with van der Waals surface area (Å²) in [5.74, 6) is 0.0844. The first-order valence-electron chi connectivity index (χ1n) is 5.63. The van der Waals surface area contributed by atoms with Gasteiger partial charge in [-0.3, -0.25) is 4.79 Å². The Balaban J connectivity index is 2.90. The van der Waals surface area contributed by atoms with Crippen molar-refractivity contribution < 1.29 is 4.79 Å². The molecule has 0 aliphatic carbocycles. The molecule has 0 fully saturated rings. The van der Waals surface area contributed by atoms with Crippen LogP contribution in [-0.2, 0) is 0 Å². The summed E-state index contributed by atoms with van der Waals surface area (Å²) >= 11 is 3.41. The number of amides is 1. The van der Waals surface area contributed by atoms with Crippen LogP contribution in [0.25, 0.3) is 0 Å². The fraction of sp³-hybridized carbons (Fsp3) is 0.462. The molecular weight excluding hydrogens is 266 g/mol. The molecule has 0 aliphatic heterocycles. The van der Waals surface area contributed by atoms with Crippen molar-refractivity contribution in [3.05, 3.63) is 34.3 Å². The van der Waals surface area contributed by atoms with Gasteiger partial charge in [-0.05, 0) is 40.9 Å². The Hall–Kier alpha value is -0.830. The maximum Gasteiger partial charge on any atom is 0.254 e. The second-order valence-corrected chi connectivity index (χ2v) is 4.72. The number of hydrogen-bond acceptors (Lipinski definition) is 1. The van der Waals surface area contributed by atoms with Gasteiger partial charge in [0.05, 0.1) is 5.56 Å². The van der Waals surface area contributed by atoms with E-state index in [9.17, 15) is 4.79 Å². The zero-order chi connectivity index (χ0) is 12.1. The maximum absolute atomic E-state index is 12.2. The van der Waals surface area contributed by atoms with Crippen molar-refractivity contribution in [1.82, 2.24) is 4.90 Å². The van der Waals surface area contributed by atoms with Gasteiger partial charge >= 0.3 is 0 Å². The van der Waals surface area contributed by atoms with Crippen molar-refractivity contribution in [3.8, 4) is 0 Å². The molecule has 0 aliphatic rings. The van der Waals surface area contributed by atoms with Gasteiger partial charge in [0.15, 0.2) is 0 Å². The van der Waals surface area contributed by atoms with Crippen molar-refractivity contribution in [2.24, 2.45) is 0 Å². The summed E-state index contributed by atoms with van der Waals surface area (Å²) in [6, 6.07) is 7.87. The number of halogens is 1. The van der Waals surface area contributed by atoms with Crippen LogP contribution in [0.15, 0.2) is 28.7 Å². The molecule has 88 valence electrons. The van der Waals surface area contributed by atoms with Crippen LogP contribution >= 0.6 is 15.9 Å². The summed E-state index contributed by atoms with van der Waals surface area (Å²) in [6.07, 6.45) is 1.98. The summed E-state index contributed by atoms with van der Waals surface area (Å²) in [5.41, 5.74) is 0.733. The van der Waals surface area contributed by atoms with E-state index in [1.54, 1.807) is 0 Å². The number of rotatable bonds is 4. The van der Waals surface area contributed by atoms with Gasteiger partial charge in [-0.25, -0.2) is 0 Å². The molecule has 0 N–H and O–H groups in total. The van der Waals surface area contributed by atoms with E-state index in [0.717, 1.165) is 22.9 Å². The van der Waals surface area contributed by atoms with Crippen LogP contribution in [-0.4, -0.2) is 23.9 Å². The molecule has 0 unspecified atom stereocenters. The highest BCUT2D eigenvalue weighted by molar-refractivity contribution is 9.10. The molecule has 3 heteroatoms. The molecule has 1 amide bonds. The molecule has 1 aromatic carbocycles. The largest absolute Gasteiger partial charge is 0.339 e. The number of carbonyl (C=O) groups is 1. The van der Waals surface area contributed by atoms with Crippen LogP contribution < -0.4 is 0 Å². The lowest BCUT2D eigenvalue weighted by Crippen LogP contribution is -2.36. The summed E-state index contributed by atoms with van der Waals surface area (Å²) in [4.78, 5) is 14.1. The molecule has 0 saturated carbocycles.